The van der Waals surface area contributed by atoms with E-state index in [-0.39, 0.29) is 6.10 Å². The molecule has 7 heteroatoms. The van der Waals surface area contributed by atoms with Crippen molar-refractivity contribution in [3.8, 4) is 5.75 Å². The van der Waals surface area contributed by atoms with Crippen LogP contribution in [0.3, 0.4) is 0 Å². The first-order valence-corrected chi connectivity index (χ1v) is 8.82. The maximum atomic E-state index is 10.0. The lowest BCUT2D eigenvalue weighted by Gasteiger charge is -2.20. The number of fused-ring (bicyclic) bond motifs is 1. The molecular formula is C17H21ClN4O2. The van der Waals surface area contributed by atoms with Crippen LogP contribution in [0.2, 0.25) is 5.02 Å². The van der Waals surface area contributed by atoms with Gasteiger partial charge in [-0.3, -0.25) is 4.90 Å². The highest BCUT2D eigenvalue weighted by Gasteiger charge is 2.27. The molecule has 1 saturated heterocycles. The van der Waals surface area contributed by atoms with Gasteiger partial charge in [0.2, 0.25) is 0 Å². The smallest absolute Gasteiger partial charge is 0.162 e. The zero-order valence-corrected chi connectivity index (χ0v) is 14.2. The van der Waals surface area contributed by atoms with Crippen molar-refractivity contribution in [1.82, 2.24) is 19.7 Å². The normalized spacial score (nSPS) is 21.6. The molecule has 1 N–H and O–H groups in total. The Morgan fingerprint density at radius 3 is 3.00 bits per heavy atom. The van der Waals surface area contributed by atoms with Crippen LogP contribution in [0.15, 0.2) is 18.2 Å². The van der Waals surface area contributed by atoms with E-state index in [2.05, 4.69) is 19.7 Å². The Bertz CT molecular complexity index is 727. The van der Waals surface area contributed by atoms with Crippen LogP contribution in [0.1, 0.15) is 36.2 Å². The Morgan fingerprint density at radius 2 is 2.17 bits per heavy atom. The van der Waals surface area contributed by atoms with Gasteiger partial charge in [-0.2, -0.15) is 0 Å². The van der Waals surface area contributed by atoms with Crippen molar-refractivity contribution >= 4 is 11.6 Å². The number of hydrogen-bond acceptors (Lipinski definition) is 5. The van der Waals surface area contributed by atoms with E-state index >= 15 is 0 Å². The monoisotopic (exact) mass is 348 g/mol. The average molecular weight is 349 g/mol. The summed E-state index contributed by atoms with van der Waals surface area (Å²) in [7, 11) is 0. The predicted octanol–water partition coefficient (Wildman–Crippen LogP) is 2.55. The third kappa shape index (κ3) is 3.14. The molecule has 1 atom stereocenters. The van der Waals surface area contributed by atoms with Crippen LogP contribution in [0, 0.1) is 0 Å². The highest BCUT2D eigenvalue weighted by molar-refractivity contribution is 6.30. The number of aromatic hydroxyl groups is 1. The van der Waals surface area contributed by atoms with E-state index < -0.39 is 0 Å². The topological polar surface area (TPSA) is 63.4 Å². The predicted molar refractivity (Wildman–Crippen MR) is 90.0 cm³/mol. The van der Waals surface area contributed by atoms with E-state index in [0.29, 0.717) is 17.3 Å². The van der Waals surface area contributed by atoms with Gasteiger partial charge in [0.25, 0.3) is 0 Å². The minimum Gasteiger partial charge on any atom is -0.508 e. The van der Waals surface area contributed by atoms with E-state index in [1.807, 2.05) is 6.07 Å². The van der Waals surface area contributed by atoms with Gasteiger partial charge in [-0.05, 0) is 31.0 Å². The van der Waals surface area contributed by atoms with Gasteiger partial charge in [0.05, 0.1) is 0 Å². The van der Waals surface area contributed by atoms with E-state index in [1.165, 1.54) is 0 Å². The molecule has 0 amide bonds. The number of benzene rings is 1. The molecule has 2 aliphatic heterocycles. The van der Waals surface area contributed by atoms with Gasteiger partial charge >= 0.3 is 0 Å². The lowest BCUT2D eigenvalue weighted by molar-refractivity contribution is 0.101. The zero-order chi connectivity index (χ0) is 16.5. The fourth-order valence-corrected chi connectivity index (χ4v) is 3.68. The number of aromatic nitrogens is 3. The Hall–Kier alpha value is -1.63. The van der Waals surface area contributed by atoms with Crippen molar-refractivity contribution in [1.29, 1.82) is 0 Å². The summed E-state index contributed by atoms with van der Waals surface area (Å²) in [5.74, 6) is 2.29. The number of phenolic OH excluding ortho intramolecular Hbond substituents is 1. The van der Waals surface area contributed by atoms with Gasteiger partial charge in [0.1, 0.15) is 17.7 Å². The first-order chi connectivity index (χ1) is 11.7. The second-order valence-electron chi connectivity index (χ2n) is 6.43. The van der Waals surface area contributed by atoms with Crippen LogP contribution in [0.5, 0.6) is 5.75 Å². The summed E-state index contributed by atoms with van der Waals surface area (Å²) in [5.41, 5.74) is 0.861. The molecule has 6 nitrogen and oxygen atoms in total. The molecule has 2 aromatic rings. The fourth-order valence-electron chi connectivity index (χ4n) is 3.49. The molecule has 0 saturated carbocycles. The molecule has 0 aliphatic carbocycles. The van der Waals surface area contributed by atoms with Crippen LogP contribution in [0.25, 0.3) is 0 Å². The number of nitrogens with zero attached hydrogens (tertiary/aromatic N) is 4. The molecule has 128 valence electrons. The van der Waals surface area contributed by atoms with Crippen molar-refractivity contribution in [2.45, 2.75) is 38.5 Å². The molecule has 24 heavy (non-hydrogen) atoms. The van der Waals surface area contributed by atoms with Gasteiger partial charge in [-0.25, -0.2) is 0 Å². The summed E-state index contributed by atoms with van der Waals surface area (Å²) in [5, 5.41) is 19.4. The SMILES string of the molecule is Oc1ccc(Cl)cc1CN1CCc2nnc([C@@H]3CCCO3)n2CC1. The Balaban J connectivity index is 1.48. The summed E-state index contributed by atoms with van der Waals surface area (Å²) in [6.45, 7) is 4.11. The number of ether oxygens (including phenoxy) is 1. The highest BCUT2D eigenvalue weighted by Crippen LogP contribution is 2.29. The minimum absolute atomic E-state index is 0.0924. The van der Waals surface area contributed by atoms with Gasteiger partial charge < -0.3 is 14.4 Å². The van der Waals surface area contributed by atoms with Crippen molar-refractivity contribution in [3.05, 3.63) is 40.4 Å². The molecule has 1 fully saturated rings. The molecule has 1 aromatic heterocycles. The number of halogens is 1. The average Bonchev–Trinajstić information content (AvgIpc) is 3.19. The van der Waals surface area contributed by atoms with Crippen LogP contribution >= 0.6 is 11.6 Å². The lowest BCUT2D eigenvalue weighted by Crippen LogP contribution is -2.27. The number of rotatable bonds is 3. The Labute approximate surface area is 146 Å². The number of phenols is 1. The van der Waals surface area contributed by atoms with E-state index in [1.54, 1.807) is 12.1 Å². The first-order valence-electron chi connectivity index (χ1n) is 8.44. The quantitative estimate of drug-likeness (QED) is 0.923. The Morgan fingerprint density at radius 1 is 1.25 bits per heavy atom. The molecular weight excluding hydrogens is 328 g/mol. The third-order valence-corrected chi connectivity index (χ3v) is 5.04. The highest BCUT2D eigenvalue weighted by atomic mass is 35.5. The first kappa shape index (κ1) is 15.9. The molecule has 0 spiro atoms. The zero-order valence-electron chi connectivity index (χ0n) is 13.5. The van der Waals surface area contributed by atoms with Crippen LogP contribution < -0.4 is 0 Å². The van der Waals surface area contributed by atoms with E-state index in [4.69, 9.17) is 16.3 Å². The molecule has 1 aromatic carbocycles. The van der Waals surface area contributed by atoms with E-state index in [9.17, 15) is 5.11 Å². The van der Waals surface area contributed by atoms with Crippen LogP contribution in [0.4, 0.5) is 0 Å². The molecule has 0 radical (unpaired) electrons. The molecule has 2 aliphatic rings. The minimum atomic E-state index is 0.0924. The van der Waals surface area contributed by atoms with Gasteiger partial charge in [-0.15, -0.1) is 10.2 Å². The molecule has 0 bridgehead atoms. The molecule has 3 heterocycles. The van der Waals surface area contributed by atoms with Crippen molar-refractivity contribution < 1.29 is 9.84 Å². The maximum absolute atomic E-state index is 10.0. The van der Waals surface area contributed by atoms with Gasteiger partial charge in [0.15, 0.2) is 5.82 Å². The standard InChI is InChI=1S/C17H21ClN4O2/c18-13-3-4-14(23)12(10-13)11-21-6-5-16-19-20-17(22(16)8-7-21)15-2-1-9-24-15/h3-4,10,15,23H,1-2,5-9,11H2/t15-/m0/s1. The van der Waals surface area contributed by atoms with Crippen molar-refractivity contribution in [3.63, 3.8) is 0 Å². The van der Waals surface area contributed by atoms with Gasteiger partial charge in [0, 0.05) is 49.8 Å². The molecule has 4 rings (SSSR count). The summed E-state index contributed by atoms with van der Waals surface area (Å²) < 4.78 is 7.99. The van der Waals surface area contributed by atoms with E-state index in [0.717, 1.165) is 62.7 Å². The summed E-state index contributed by atoms with van der Waals surface area (Å²) in [4.78, 5) is 2.32. The third-order valence-electron chi connectivity index (χ3n) is 4.80. The fraction of sp³-hybridized carbons (Fsp3) is 0.529. The van der Waals surface area contributed by atoms with Crippen molar-refractivity contribution in [2.24, 2.45) is 0 Å². The number of hydrogen-bond donors (Lipinski definition) is 1. The second kappa shape index (κ2) is 6.70. The second-order valence-corrected chi connectivity index (χ2v) is 6.86. The van der Waals surface area contributed by atoms with Crippen molar-refractivity contribution in [2.75, 3.05) is 19.7 Å². The van der Waals surface area contributed by atoms with Crippen LogP contribution in [-0.4, -0.2) is 44.5 Å². The maximum Gasteiger partial charge on any atom is 0.162 e. The summed E-state index contributed by atoms with van der Waals surface area (Å²) >= 11 is 6.05. The lowest BCUT2D eigenvalue weighted by atomic mass is 10.2. The Kier molecular flexibility index (Phi) is 4.43. The van der Waals surface area contributed by atoms with Gasteiger partial charge in [-0.1, -0.05) is 11.6 Å². The summed E-state index contributed by atoms with van der Waals surface area (Å²) in [6.07, 6.45) is 3.06. The summed E-state index contributed by atoms with van der Waals surface area (Å²) in [6, 6.07) is 5.19. The molecule has 0 unspecified atom stereocenters. The van der Waals surface area contributed by atoms with Crippen LogP contribution in [-0.2, 0) is 24.2 Å². The largest absolute Gasteiger partial charge is 0.508 e.